The zero-order valence-corrected chi connectivity index (χ0v) is 16.9. The number of anilines is 1. The van der Waals surface area contributed by atoms with Crippen LogP contribution in [0, 0.1) is 12.8 Å². The van der Waals surface area contributed by atoms with Crippen LogP contribution < -0.4 is 4.31 Å². The predicted molar refractivity (Wildman–Crippen MR) is 108 cm³/mol. The van der Waals surface area contributed by atoms with Crippen LogP contribution in [0.4, 0.5) is 5.69 Å². The number of rotatable bonds is 4. The molecule has 0 aromatic heterocycles. The van der Waals surface area contributed by atoms with Crippen molar-refractivity contribution in [3.8, 4) is 0 Å². The summed E-state index contributed by atoms with van der Waals surface area (Å²) in [5.41, 5.74) is 2.07. The summed E-state index contributed by atoms with van der Waals surface area (Å²) in [6, 6.07) is 13.6. The van der Waals surface area contributed by atoms with Gasteiger partial charge in [0.25, 0.3) is 15.9 Å². The molecule has 1 atom stereocenters. The van der Waals surface area contributed by atoms with Crippen molar-refractivity contribution in [3.05, 3.63) is 59.7 Å². The molecule has 144 valence electrons. The zero-order chi connectivity index (χ0) is 19.6. The zero-order valence-electron chi connectivity index (χ0n) is 16.1. The number of carbonyl (C=O) groups excluding carboxylic acids is 1. The molecule has 0 radical (unpaired) electrons. The molecule has 1 unspecified atom stereocenters. The molecule has 0 spiro atoms. The third-order valence-electron chi connectivity index (χ3n) is 5.08. The Morgan fingerprint density at radius 2 is 1.85 bits per heavy atom. The van der Waals surface area contributed by atoms with Gasteiger partial charge in [-0.15, -0.1) is 0 Å². The first-order chi connectivity index (χ1) is 12.8. The summed E-state index contributed by atoms with van der Waals surface area (Å²) in [5, 5.41) is 0. The number of nitrogens with zero attached hydrogens (tertiary/aromatic N) is 2. The van der Waals surface area contributed by atoms with E-state index < -0.39 is 10.0 Å². The van der Waals surface area contributed by atoms with E-state index in [1.54, 1.807) is 24.3 Å². The number of amides is 1. The van der Waals surface area contributed by atoms with Crippen molar-refractivity contribution < 1.29 is 13.2 Å². The Labute approximate surface area is 161 Å². The lowest BCUT2D eigenvalue weighted by atomic mass is 9.99. The molecule has 3 rings (SSSR count). The van der Waals surface area contributed by atoms with Crippen molar-refractivity contribution in [2.75, 3.05) is 24.4 Å². The lowest BCUT2D eigenvalue weighted by Crippen LogP contribution is -2.39. The van der Waals surface area contributed by atoms with Crippen LogP contribution in [0.2, 0.25) is 0 Å². The van der Waals surface area contributed by atoms with Crippen molar-refractivity contribution in [3.63, 3.8) is 0 Å². The number of sulfonamides is 1. The molecule has 5 nitrogen and oxygen atoms in total. The molecule has 1 aliphatic rings. The highest BCUT2D eigenvalue weighted by atomic mass is 32.2. The van der Waals surface area contributed by atoms with Gasteiger partial charge >= 0.3 is 0 Å². The smallest absolute Gasteiger partial charge is 0.264 e. The van der Waals surface area contributed by atoms with Gasteiger partial charge in [-0.2, -0.15) is 0 Å². The third kappa shape index (κ3) is 4.16. The molecule has 2 aromatic carbocycles. The Morgan fingerprint density at radius 3 is 2.52 bits per heavy atom. The Hall–Kier alpha value is -2.34. The predicted octanol–water partition coefficient (Wildman–Crippen LogP) is 3.69. The highest BCUT2D eigenvalue weighted by Gasteiger charge is 2.25. The Morgan fingerprint density at radius 1 is 1.15 bits per heavy atom. The minimum Gasteiger partial charge on any atom is -0.338 e. The lowest BCUT2D eigenvalue weighted by molar-refractivity contribution is 0.0683. The van der Waals surface area contributed by atoms with Crippen LogP contribution in [0.25, 0.3) is 0 Å². The van der Waals surface area contributed by atoms with Gasteiger partial charge in [-0.25, -0.2) is 8.42 Å². The fourth-order valence-corrected chi connectivity index (χ4v) is 4.64. The van der Waals surface area contributed by atoms with Gasteiger partial charge in [0.05, 0.1) is 10.6 Å². The normalized spacial score (nSPS) is 17.6. The summed E-state index contributed by atoms with van der Waals surface area (Å²) in [6.07, 6.45) is 2.11. The first-order valence-electron chi connectivity index (χ1n) is 9.24. The van der Waals surface area contributed by atoms with Gasteiger partial charge in [-0.05, 0) is 56.0 Å². The van der Waals surface area contributed by atoms with E-state index in [9.17, 15) is 13.2 Å². The van der Waals surface area contributed by atoms with E-state index in [0.717, 1.165) is 31.5 Å². The Kier molecular flexibility index (Phi) is 5.56. The second kappa shape index (κ2) is 7.72. The van der Waals surface area contributed by atoms with Crippen molar-refractivity contribution >= 4 is 21.6 Å². The number of piperidine rings is 1. The van der Waals surface area contributed by atoms with Crippen LogP contribution in [0.1, 0.15) is 35.7 Å². The fraction of sp³-hybridized carbons (Fsp3) is 0.381. The van der Waals surface area contributed by atoms with Crippen LogP contribution in [0.5, 0.6) is 0 Å². The molecule has 0 bridgehead atoms. The lowest BCUT2D eigenvalue weighted by Gasteiger charge is -2.31. The summed E-state index contributed by atoms with van der Waals surface area (Å²) in [6.45, 7) is 5.54. The van der Waals surface area contributed by atoms with E-state index in [2.05, 4.69) is 6.92 Å². The van der Waals surface area contributed by atoms with E-state index in [-0.39, 0.29) is 10.8 Å². The van der Waals surface area contributed by atoms with Crippen LogP contribution in [0.15, 0.2) is 53.4 Å². The molecular formula is C21H26N2O3S. The van der Waals surface area contributed by atoms with Crippen molar-refractivity contribution in [2.45, 2.75) is 31.6 Å². The molecule has 1 heterocycles. The second-order valence-corrected chi connectivity index (χ2v) is 9.30. The van der Waals surface area contributed by atoms with E-state index in [1.807, 2.05) is 24.0 Å². The monoisotopic (exact) mass is 386 g/mol. The minimum atomic E-state index is -3.74. The average Bonchev–Trinajstić information content (AvgIpc) is 2.67. The number of carbonyl (C=O) groups is 1. The standard InChI is InChI=1S/C21H26N2O3S/c1-16-9-11-19(12-10-16)22(3)27(25,26)20-8-4-7-18(14-20)21(24)23-13-5-6-17(2)15-23/h4,7-12,14,17H,5-6,13,15H2,1-3H3. The average molecular weight is 387 g/mol. The third-order valence-corrected chi connectivity index (χ3v) is 6.86. The molecule has 0 N–H and O–H groups in total. The molecule has 2 aromatic rings. The van der Waals surface area contributed by atoms with Gasteiger partial charge < -0.3 is 4.90 Å². The molecule has 6 heteroatoms. The molecule has 1 fully saturated rings. The van der Waals surface area contributed by atoms with Gasteiger partial charge in [-0.3, -0.25) is 9.10 Å². The van der Waals surface area contributed by atoms with Crippen LogP contribution in [-0.4, -0.2) is 39.4 Å². The molecular weight excluding hydrogens is 360 g/mol. The number of benzene rings is 2. The maximum absolute atomic E-state index is 13.0. The molecule has 0 saturated carbocycles. The Balaban J connectivity index is 1.87. The quantitative estimate of drug-likeness (QED) is 0.805. The van der Waals surface area contributed by atoms with E-state index >= 15 is 0 Å². The van der Waals surface area contributed by atoms with Gasteiger partial charge in [0, 0.05) is 25.7 Å². The molecule has 1 aliphatic heterocycles. The first kappa shape index (κ1) is 19.4. The number of likely N-dealkylation sites (tertiary alicyclic amines) is 1. The molecule has 27 heavy (non-hydrogen) atoms. The molecule has 0 aliphatic carbocycles. The summed E-state index contributed by atoms with van der Waals surface area (Å²) in [4.78, 5) is 14.8. The van der Waals surface area contributed by atoms with Crippen LogP contribution >= 0.6 is 0 Å². The molecule has 1 saturated heterocycles. The van der Waals surface area contributed by atoms with E-state index in [4.69, 9.17) is 0 Å². The maximum Gasteiger partial charge on any atom is 0.264 e. The highest BCUT2D eigenvalue weighted by Crippen LogP contribution is 2.24. The van der Waals surface area contributed by atoms with Crippen LogP contribution in [0.3, 0.4) is 0 Å². The topological polar surface area (TPSA) is 57.7 Å². The van der Waals surface area contributed by atoms with Gasteiger partial charge in [-0.1, -0.05) is 30.7 Å². The highest BCUT2D eigenvalue weighted by molar-refractivity contribution is 7.92. The maximum atomic E-state index is 13.0. The van der Waals surface area contributed by atoms with Gasteiger partial charge in [0.2, 0.25) is 0 Å². The summed E-state index contributed by atoms with van der Waals surface area (Å²) in [5.74, 6) is 0.374. The molecule has 1 amide bonds. The second-order valence-electron chi connectivity index (χ2n) is 7.33. The van der Waals surface area contributed by atoms with Gasteiger partial charge in [0.15, 0.2) is 0 Å². The van der Waals surface area contributed by atoms with Crippen molar-refractivity contribution in [1.29, 1.82) is 0 Å². The number of hydrogen-bond donors (Lipinski definition) is 0. The fourth-order valence-electron chi connectivity index (χ4n) is 3.40. The number of hydrogen-bond acceptors (Lipinski definition) is 3. The summed E-state index contributed by atoms with van der Waals surface area (Å²) in [7, 11) is -2.21. The van der Waals surface area contributed by atoms with Crippen molar-refractivity contribution in [1.82, 2.24) is 4.90 Å². The summed E-state index contributed by atoms with van der Waals surface area (Å²) >= 11 is 0. The summed E-state index contributed by atoms with van der Waals surface area (Å²) < 4.78 is 27.3. The van der Waals surface area contributed by atoms with Crippen molar-refractivity contribution in [2.24, 2.45) is 5.92 Å². The van der Waals surface area contributed by atoms with Crippen LogP contribution in [-0.2, 0) is 10.0 Å². The first-order valence-corrected chi connectivity index (χ1v) is 10.7. The minimum absolute atomic E-state index is 0.100. The SMILES string of the molecule is Cc1ccc(N(C)S(=O)(=O)c2cccc(C(=O)N3CCCC(C)C3)c2)cc1. The Bertz CT molecular complexity index is 923. The number of aryl methyl sites for hydroxylation is 1. The van der Waals surface area contributed by atoms with E-state index in [1.165, 1.54) is 23.5 Å². The largest absolute Gasteiger partial charge is 0.338 e. The van der Waals surface area contributed by atoms with E-state index in [0.29, 0.717) is 17.2 Å². The van der Waals surface area contributed by atoms with Gasteiger partial charge in [0.1, 0.15) is 0 Å².